The normalized spacial score (nSPS) is 16.6. The van der Waals surface area contributed by atoms with Gasteiger partial charge in [-0.1, -0.05) is 0 Å². The molecule has 0 saturated carbocycles. The molecular weight excluding hydrogens is 354 g/mol. The quantitative estimate of drug-likeness (QED) is 0.815. The minimum absolute atomic E-state index is 0.129. The van der Waals surface area contributed by atoms with Crippen LogP contribution in [0.5, 0.6) is 11.5 Å². The Morgan fingerprint density at radius 2 is 1.85 bits per heavy atom. The summed E-state index contributed by atoms with van der Waals surface area (Å²) < 4.78 is 13.1. The van der Waals surface area contributed by atoms with Crippen LogP contribution in [-0.4, -0.2) is 53.2 Å². The average Bonchev–Trinajstić information content (AvgIpc) is 3.10. The van der Waals surface area contributed by atoms with Gasteiger partial charge in [0.25, 0.3) is 0 Å². The van der Waals surface area contributed by atoms with E-state index in [0.717, 1.165) is 42.6 Å². The van der Waals surface area contributed by atoms with E-state index in [4.69, 9.17) is 9.47 Å². The number of fused-ring (bicyclic) bond motifs is 1. The number of benzene rings is 1. The lowest BCUT2D eigenvalue weighted by Crippen LogP contribution is -2.44. The van der Waals surface area contributed by atoms with Crippen molar-refractivity contribution in [1.29, 1.82) is 0 Å². The standard InChI is InChI=1S/C17H19N5O3S/c1-12(23)20-13-9-18-17(19-10-13)21-4-6-22(7-5-21)26-14-2-3-15-16(8-14)25-11-24-15/h2-3,8-10H,4-7,11H2,1H3,(H,20,23). The van der Waals surface area contributed by atoms with Gasteiger partial charge < -0.3 is 19.7 Å². The summed E-state index contributed by atoms with van der Waals surface area (Å²) in [5.41, 5.74) is 0.609. The smallest absolute Gasteiger partial charge is 0.231 e. The molecule has 2 aromatic rings. The number of hydrogen-bond acceptors (Lipinski definition) is 8. The van der Waals surface area contributed by atoms with Crippen molar-refractivity contribution >= 4 is 29.5 Å². The molecule has 9 heteroatoms. The lowest BCUT2D eigenvalue weighted by molar-refractivity contribution is -0.114. The molecule has 1 aromatic carbocycles. The van der Waals surface area contributed by atoms with E-state index >= 15 is 0 Å². The Hall–Kier alpha value is -2.52. The van der Waals surface area contributed by atoms with E-state index in [1.165, 1.54) is 6.92 Å². The Kier molecular flexibility index (Phi) is 4.81. The topological polar surface area (TPSA) is 79.8 Å². The van der Waals surface area contributed by atoms with Crippen molar-refractivity contribution in [3.8, 4) is 11.5 Å². The third kappa shape index (κ3) is 3.83. The highest BCUT2D eigenvalue weighted by atomic mass is 32.2. The Balaban J connectivity index is 1.32. The lowest BCUT2D eigenvalue weighted by atomic mass is 10.3. The number of aromatic nitrogens is 2. The Bertz CT molecular complexity index is 793. The van der Waals surface area contributed by atoms with Crippen molar-refractivity contribution in [3.05, 3.63) is 30.6 Å². The van der Waals surface area contributed by atoms with Crippen LogP contribution in [0.25, 0.3) is 0 Å². The van der Waals surface area contributed by atoms with Crippen LogP contribution in [0.2, 0.25) is 0 Å². The minimum atomic E-state index is -0.129. The molecule has 2 aliphatic heterocycles. The molecule has 1 fully saturated rings. The number of amides is 1. The zero-order valence-electron chi connectivity index (χ0n) is 14.3. The molecule has 1 saturated heterocycles. The number of nitrogens with one attached hydrogen (secondary N) is 1. The van der Waals surface area contributed by atoms with Gasteiger partial charge in [-0.25, -0.2) is 14.3 Å². The first-order valence-corrected chi connectivity index (χ1v) is 9.12. The summed E-state index contributed by atoms with van der Waals surface area (Å²) in [5, 5.41) is 2.67. The van der Waals surface area contributed by atoms with Crippen LogP contribution in [-0.2, 0) is 4.79 Å². The van der Waals surface area contributed by atoms with Crippen LogP contribution < -0.4 is 19.7 Å². The molecule has 1 N–H and O–H groups in total. The maximum absolute atomic E-state index is 11.0. The number of nitrogens with zero attached hydrogens (tertiary/aromatic N) is 4. The van der Waals surface area contributed by atoms with E-state index < -0.39 is 0 Å². The molecule has 4 rings (SSSR count). The number of anilines is 2. The maximum Gasteiger partial charge on any atom is 0.231 e. The second-order valence-corrected chi connectivity index (χ2v) is 7.15. The van der Waals surface area contributed by atoms with Gasteiger partial charge in [0.05, 0.1) is 18.1 Å². The van der Waals surface area contributed by atoms with Gasteiger partial charge in [-0.3, -0.25) is 4.79 Å². The monoisotopic (exact) mass is 373 g/mol. The third-order valence-electron chi connectivity index (χ3n) is 4.06. The zero-order chi connectivity index (χ0) is 17.9. The highest BCUT2D eigenvalue weighted by molar-refractivity contribution is 7.97. The summed E-state index contributed by atoms with van der Waals surface area (Å²) in [6.45, 7) is 5.24. The molecule has 0 bridgehead atoms. The molecule has 1 aromatic heterocycles. The molecule has 0 radical (unpaired) electrons. The van der Waals surface area contributed by atoms with Crippen LogP contribution in [0.1, 0.15) is 6.92 Å². The van der Waals surface area contributed by atoms with Crippen LogP contribution in [0.15, 0.2) is 35.5 Å². The number of carbonyl (C=O) groups is 1. The predicted octanol–water partition coefficient (Wildman–Crippen LogP) is 1.99. The maximum atomic E-state index is 11.0. The molecule has 0 unspecified atom stereocenters. The number of carbonyl (C=O) groups excluding carboxylic acids is 1. The molecule has 136 valence electrons. The molecular formula is C17H19N5O3S. The molecule has 0 aliphatic carbocycles. The fourth-order valence-corrected chi connectivity index (χ4v) is 3.75. The molecule has 1 amide bonds. The number of piperazine rings is 1. The van der Waals surface area contributed by atoms with Gasteiger partial charge in [0, 0.05) is 38.0 Å². The summed E-state index contributed by atoms with van der Waals surface area (Å²) in [6, 6.07) is 6.02. The van der Waals surface area contributed by atoms with Gasteiger partial charge in [-0.05, 0) is 30.1 Å². The Labute approximate surface area is 155 Å². The van der Waals surface area contributed by atoms with Crippen molar-refractivity contribution in [3.63, 3.8) is 0 Å². The van der Waals surface area contributed by atoms with E-state index in [-0.39, 0.29) is 5.91 Å². The Morgan fingerprint density at radius 1 is 1.12 bits per heavy atom. The van der Waals surface area contributed by atoms with Crippen LogP contribution in [0, 0.1) is 0 Å². The largest absolute Gasteiger partial charge is 0.454 e. The second-order valence-electron chi connectivity index (χ2n) is 5.98. The van der Waals surface area contributed by atoms with E-state index in [2.05, 4.69) is 30.6 Å². The van der Waals surface area contributed by atoms with E-state index in [9.17, 15) is 4.79 Å². The van der Waals surface area contributed by atoms with Gasteiger partial charge in [-0.2, -0.15) is 0 Å². The number of rotatable bonds is 4. The highest BCUT2D eigenvalue weighted by Gasteiger charge is 2.21. The molecule has 2 aliphatic rings. The van der Waals surface area contributed by atoms with Gasteiger partial charge in [0.2, 0.25) is 18.6 Å². The fraction of sp³-hybridized carbons (Fsp3) is 0.353. The zero-order valence-corrected chi connectivity index (χ0v) is 15.2. The first-order chi connectivity index (χ1) is 12.7. The van der Waals surface area contributed by atoms with E-state index in [1.54, 1.807) is 24.3 Å². The van der Waals surface area contributed by atoms with Crippen LogP contribution in [0.3, 0.4) is 0 Å². The summed E-state index contributed by atoms with van der Waals surface area (Å²) >= 11 is 1.72. The third-order valence-corrected chi connectivity index (χ3v) is 5.15. The van der Waals surface area contributed by atoms with Crippen molar-refractivity contribution in [2.24, 2.45) is 0 Å². The summed E-state index contributed by atoms with van der Waals surface area (Å²) in [5.74, 6) is 2.17. The Morgan fingerprint density at radius 3 is 2.58 bits per heavy atom. The summed E-state index contributed by atoms with van der Waals surface area (Å²) in [6.07, 6.45) is 3.27. The molecule has 8 nitrogen and oxygen atoms in total. The predicted molar refractivity (Wildman–Crippen MR) is 98.5 cm³/mol. The van der Waals surface area contributed by atoms with Crippen molar-refractivity contribution in [2.75, 3.05) is 43.2 Å². The molecule has 3 heterocycles. The second kappa shape index (κ2) is 7.38. The number of ether oxygens (including phenoxy) is 2. The van der Waals surface area contributed by atoms with Gasteiger partial charge in [-0.15, -0.1) is 0 Å². The summed E-state index contributed by atoms with van der Waals surface area (Å²) in [4.78, 5) is 23.0. The number of hydrogen-bond donors (Lipinski definition) is 1. The van der Waals surface area contributed by atoms with Crippen molar-refractivity contribution < 1.29 is 14.3 Å². The molecule has 26 heavy (non-hydrogen) atoms. The van der Waals surface area contributed by atoms with Crippen LogP contribution in [0.4, 0.5) is 11.6 Å². The average molecular weight is 373 g/mol. The molecule has 0 atom stereocenters. The van der Waals surface area contributed by atoms with Crippen molar-refractivity contribution in [2.45, 2.75) is 11.8 Å². The van der Waals surface area contributed by atoms with Gasteiger partial charge in [0.15, 0.2) is 11.5 Å². The SMILES string of the molecule is CC(=O)Nc1cnc(N2CCN(Sc3ccc4c(c3)OCO4)CC2)nc1. The fourth-order valence-electron chi connectivity index (χ4n) is 2.81. The summed E-state index contributed by atoms with van der Waals surface area (Å²) in [7, 11) is 0. The molecule has 0 spiro atoms. The van der Waals surface area contributed by atoms with E-state index in [0.29, 0.717) is 18.4 Å². The highest BCUT2D eigenvalue weighted by Crippen LogP contribution is 2.36. The first-order valence-electron chi connectivity index (χ1n) is 8.34. The van der Waals surface area contributed by atoms with Gasteiger partial charge >= 0.3 is 0 Å². The lowest BCUT2D eigenvalue weighted by Gasteiger charge is -2.33. The van der Waals surface area contributed by atoms with Gasteiger partial charge in [0.1, 0.15) is 0 Å². The first kappa shape index (κ1) is 16.9. The van der Waals surface area contributed by atoms with E-state index in [1.807, 2.05) is 12.1 Å². The van der Waals surface area contributed by atoms with Crippen LogP contribution >= 0.6 is 11.9 Å². The minimum Gasteiger partial charge on any atom is -0.454 e. The van der Waals surface area contributed by atoms with Crippen molar-refractivity contribution in [1.82, 2.24) is 14.3 Å².